The van der Waals surface area contributed by atoms with Crippen molar-refractivity contribution in [3.63, 3.8) is 0 Å². The zero-order valence-electron chi connectivity index (χ0n) is 10.3. The summed E-state index contributed by atoms with van der Waals surface area (Å²) in [6, 6.07) is 1.29. The van der Waals surface area contributed by atoms with E-state index in [2.05, 4.69) is 15.3 Å². The van der Waals surface area contributed by atoms with Gasteiger partial charge in [-0.2, -0.15) is 0 Å². The number of hydrogen-bond acceptors (Lipinski definition) is 3. The minimum absolute atomic E-state index is 0.120. The molecule has 0 aliphatic rings. The molecule has 0 spiro atoms. The molecule has 2 rings (SSSR count). The quantitative estimate of drug-likeness (QED) is 0.863. The molecule has 0 radical (unpaired) electrons. The standard InChI is InChI=1S/C13H12F3N3/c1-2-3-18-13-12(17-4-5-19-13)8-6-10(15)11(16)7-9(8)14/h4-7H,2-3H2,1H3,(H,18,19). The first-order valence-electron chi connectivity index (χ1n) is 5.83. The van der Waals surface area contributed by atoms with Gasteiger partial charge in [-0.05, 0) is 12.5 Å². The lowest BCUT2D eigenvalue weighted by molar-refractivity contribution is 0.496. The summed E-state index contributed by atoms with van der Waals surface area (Å²) >= 11 is 0. The zero-order valence-corrected chi connectivity index (χ0v) is 10.3. The van der Waals surface area contributed by atoms with Gasteiger partial charge in [0.25, 0.3) is 0 Å². The maximum Gasteiger partial charge on any atom is 0.161 e. The number of hydrogen-bond donors (Lipinski definition) is 1. The van der Waals surface area contributed by atoms with Crippen LogP contribution in [0, 0.1) is 17.5 Å². The molecule has 3 nitrogen and oxygen atoms in total. The van der Waals surface area contributed by atoms with Crippen LogP contribution in [0.25, 0.3) is 11.3 Å². The monoisotopic (exact) mass is 267 g/mol. The Morgan fingerprint density at radius 2 is 1.68 bits per heavy atom. The molecule has 1 aromatic heterocycles. The average molecular weight is 267 g/mol. The third-order valence-corrected chi connectivity index (χ3v) is 2.51. The van der Waals surface area contributed by atoms with Crippen molar-refractivity contribution in [2.45, 2.75) is 13.3 Å². The lowest BCUT2D eigenvalue weighted by atomic mass is 10.1. The number of anilines is 1. The van der Waals surface area contributed by atoms with Crippen LogP contribution in [0.2, 0.25) is 0 Å². The summed E-state index contributed by atoms with van der Waals surface area (Å²) in [6.45, 7) is 2.58. The smallest absolute Gasteiger partial charge is 0.161 e. The van der Waals surface area contributed by atoms with E-state index in [1.54, 1.807) is 0 Å². The molecule has 0 amide bonds. The van der Waals surface area contributed by atoms with Gasteiger partial charge in [-0.1, -0.05) is 6.92 Å². The highest BCUT2D eigenvalue weighted by atomic mass is 19.2. The van der Waals surface area contributed by atoms with Crippen molar-refractivity contribution < 1.29 is 13.2 Å². The van der Waals surface area contributed by atoms with Gasteiger partial charge in [0.1, 0.15) is 11.5 Å². The fourth-order valence-corrected chi connectivity index (χ4v) is 1.61. The number of rotatable bonds is 4. The van der Waals surface area contributed by atoms with E-state index < -0.39 is 17.5 Å². The molecule has 0 bridgehead atoms. The van der Waals surface area contributed by atoms with Crippen molar-refractivity contribution in [3.05, 3.63) is 42.0 Å². The first kappa shape index (κ1) is 13.3. The Bertz CT molecular complexity index is 587. The molecular weight excluding hydrogens is 255 g/mol. The van der Waals surface area contributed by atoms with E-state index in [0.29, 0.717) is 18.4 Å². The molecule has 0 atom stereocenters. The minimum Gasteiger partial charge on any atom is -0.368 e. The number of halogens is 3. The predicted molar refractivity (Wildman–Crippen MR) is 66.1 cm³/mol. The summed E-state index contributed by atoms with van der Waals surface area (Å²) in [6.07, 6.45) is 3.66. The summed E-state index contributed by atoms with van der Waals surface area (Å²) in [5, 5.41) is 2.97. The Kier molecular flexibility index (Phi) is 3.99. The molecule has 0 unspecified atom stereocenters. The molecule has 0 saturated carbocycles. The Labute approximate surface area is 108 Å². The van der Waals surface area contributed by atoms with Crippen molar-refractivity contribution in [3.8, 4) is 11.3 Å². The van der Waals surface area contributed by atoms with Gasteiger partial charge in [0.2, 0.25) is 0 Å². The van der Waals surface area contributed by atoms with Crippen molar-refractivity contribution in [1.29, 1.82) is 0 Å². The molecule has 100 valence electrons. The van der Waals surface area contributed by atoms with Crippen LogP contribution in [0.15, 0.2) is 24.5 Å². The average Bonchev–Trinajstić information content (AvgIpc) is 2.41. The summed E-state index contributed by atoms with van der Waals surface area (Å²) in [5.41, 5.74) is 0.0398. The predicted octanol–water partition coefficient (Wildman–Crippen LogP) is 3.38. The summed E-state index contributed by atoms with van der Waals surface area (Å²) < 4.78 is 39.8. The van der Waals surface area contributed by atoms with E-state index in [4.69, 9.17) is 0 Å². The molecule has 1 N–H and O–H groups in total. The highest BCUT2D eigenvalue weighted by molar-refractivity contribution is 5.71. The van der Waals surface area contributed by atoms with Gasteiger partial charge in [-0.3, -0.25) is 4.98 Å². The highest BCUT2D eigenvalue weighted by Crippen LogP contribution is 2.27. The first-order chi connectivity index (χ1) is 9.13. The molecule has 19 heavy (non-hydrogen) atoms. The van der Waals surface area contributed by atoms with E-state index >= 15 is 0 Å². The van der Waals surface area contributed by atoms with E-state index in [1.807, 2.05) is 6.92 Å². The highest BCUT2D eigenvalue weighted by Gasteiger charge is 2.16. The fraction of sp³-hybridized carbons (Fsp3) is 0.231. The fourth-order valence-electron chi connectivity index (χ4n) is 1.61. The minimum atomic E-state index is -1.23. The van der Waals surface area contributed by atoms with Gasteiger partial charge in [0.05, 0.1) is 0 Å². The lowest BCUT2D eigenvalue weighted by Crippen LogP contribution is -2.05. The molecule has 6 heteroatoms. The second kappa shape index (κ2) is 5.69. The van der Waals surface area contributed by atoms with Crippen molar-refractivity contribution in [2.75, 3.05) is 11.9 Å². The van der Waals surface area contributed by atoms with Gasteiger partial charge in [-0.25, -0.2) is 18.2 Å². The Morgan fingerprint density at radius 1 is 1.00 bits per heavy atom. The molecule has 1 heterocycles. The molecule has 0 saturated heterocycles. The molecule has 0 fully saturated rings. The van der Waals surface area contributed by atoms with Crippen LogP contribution in [0.3, 0.4) is 0 Å². The molecule has 1 aromatic carbocycles. The topological polar surface area (TPSA) is 37.8 Å². The Balaban J connectivity index is 2.49. The van der Waals surface area contributed by atoms with Crippen molar-refractivity contribution >= 4 is 5.82 Å². The van der Waals surface area contributed by atoms with Gasteiger partial charge in [0.15, 0.2) is 17.5 Å². The molecule has 0 aliphatic carbocycles. The zero-order chi connectivity index (χ0) is 13.8. The van der Waals surface area contributed by atoms with Crippen LogP contribution in [0.4, 0.5) is 19.0 Å². The summed E-state index contributed by atoms with van der Waals surface area (Å²) in [5.74, 6) is -2.88. The summed E-state index contributed by atoms with van der Waals surface area (Å²) in [7, 11) is 0. The molecule has 2 aromatic rings. The molecule has 0 aliphatic heterocycles. The largest absolute Gasteiger partial charge is 0.368 e. The number of nitrogens with zero attached hydrogens (tertiary/aromatic N) is 2. The number of aromatic nitrogens is 2. The van der Waals surface area contributed by atoms with Crippen molar-refractivity contribution in [1.82, 2.24) is 9.97 Å². The van der Waals surface area contributed by atoms with E-state index in [1.165, 1.54) is 12.4 Å². The van der Waals surface area contributed by atoms with E-state index in [0.717, 1.165) is 12.5 Å². The van der Waals surface area contributed by atoms with E-state index in [-0.39, 0.29) is 11.3 Å². The van der Waals surface area contributed by atoms with Crippen LogP contribution in [-0.2, 0) is 0 Å². The van der Waals surface area contributed by atoms with Gasteiger partial charge < -0.3 is 5.32 Å². The third kappa shape index (κ3) is 2.83. The summed E-state index contributed by atoms with van der Waals surface area (Å²) in [4.78, 5) is 8.01. The van der Waals surface area contributed by atoms with Gasteiger partial charge in [-0.15, -0.1) is 0 Å². The maximum absolute atomic E-state index is 13.7. The first-order valence-corrected chi connectivity index (χ1v) is 5.83. The third-order valence-electron chi connectivity index (χ3n) is 2.51. The second-order valence-corrected chi connectivity index (χ2v) is 3.93. The van der Waals surface area contributed by atoms with Crippen LogP contribution in [0.5, 0.6) is 0 Å². The molecular formula is C13H12F3N3. The lowest BCUT2D eigenvalue weighted by Gasteiger charge is -2.10. The van der Waals surface area contributed by atoms with Crippen LogP contribution in [-0.4, -0.2) is 16.5 Å². The number of nitrogens with one attached hydrogen (secondary N) is 1. The van der Waals surface area contributed by atoms with Crippen LogP contribution >= 0.6 is 0 Å². The number of benzene rings is 1. The normalized spacial score (nSPS) is 10.5. The van der Waals surface area contributed by atoms with Crippen molar-refractivity contribution in [2.24, 2.45) is 0 Å². The SMILES string of the molecule is CCCNc1nccnc1-c1cc(F)c(F)cc1F. The maximum atomic E-state index is 13.7. The Morgan fingerprint density at radius 3 is 2.42 bits per heavy atom. The van der Waals surface area contributed by atoms with E-state index in [9.17, 15) is 13.2 Å². The van der Waals surface area contributed by atoms with Crippen LogP contribution < -0.4 is 5.32 Å². The Hall–Kier alpha value is -2.11. The van der Waals surface area contributed by atoms with Gasteiger partial charge >= 0.3 is 0 Å². The van der Waals surface area contributed by atoms with Gasteiger partial charge in [0, 0.05) is 30.6 Å². The second-order valence-electron chi connectivity index (χ2n) is 3.93. The van der Waals surface area contributed by atoms with Crippen LogP contribution in [0.1, 0.15) is 13.3 Å².